The van der Waals surface area contributed by atoms with E-state index in [4.69, 9.17) is 4.74 Å². The molecular formula is C14H20FNO2. The third-order valence-corrected chi connectivity index (χ3v) is 2.40. The van der Waals surface area contributed by atoms with E-state index in [1.807, 2.05) is 13.8 Å². The molecule has 18 heavy (non-hydrogen) atoms. The smallest absolute Gasteiger partial charge is 0.249 e. The minimum Gasteiger partial charge on any atom is -0.368 e. The Morgan fingerprint density at radius 3 is 2.72 bits per heavy atom. The van der Waals surface area contributed by atoms with Gasteiger partial charge < -0.3 is 10.1 Å². The first kappa shape index (κ1) is 14.6. The van der Waals surface area contributed by atoms with E-state index in [-0.39, 0.29) is 11.7 Å². The van der Waals surface area contributed by atoms with Gasteiger partial charge in [-0.3, -0.25) is 4.79 Å². The number of halogens is 1. The number of carbonyl (C=O) groups is 1. The van der Waals surface area contributed by atoms with Crippen molar-refractivity contribution in [2.45, 2.75) is 33.4 Å². The van der Waals surface area contributed by atoms with E-state index >= 15 is 0 Å². The van der Waals surface area contributed by atoms with Gasteiger partial charge in [-0.25, -0.2) is 4.39 Å². The van der Waals surface area contributed by atoms with Crippen molar-refractivity contribution in [2.24, 2.45) is 5.92 Å². The molecule has 1 N–H and O–H groups in total. The summed E-state index contributed by atoms with van der Waals surface area (Å²) in [5.74, 6) is -0.0887. The van der Waals surface area contributed by atoms with Crippen molar-refractivity contribution >= 4 is 5.91 Å². The van der Waals surface area contributed by atoms with Crippen LogP contribution in [0.4, 0.5) is 4.39 Å². The molecule has 0 heterocycles. The molecule has 1 atom stereocenters. The average Bonchev–Trinajstić information content (AvgIpc) is 2.33. The SMILES string of the molecule is CC(C)COC(C)C(=O)NCc1cccc(F)c1. The Labute approximate surface area is 107 Å². The van der Waals surface area contributed by atoms with Crippen LogP contribution in [0.25, 0.3) is 0 Å². The van der Waals surface area contributed by atoms with E-state index in [0.717, 1.165) is 5.56 Å². The topological polar surface area (TPSA) is 38.3 Å². The maximum absolute atomic E-state index is 12.9. The van der Waals surface area contributed by atoms with Crippen molar-refractivity contribution in [3.05, 3.63) is 35.6 Å². The number of benzene rings is 1. The van der Waals surface area contributed by atoms with Crippen LogP contribution in [0.1, 0.15) is 26.3 Å². The molecule has 1 aromatic rings. The first-order chi connectivity index (χ1) is 8.49. The fraction of sp³-hybridized carbons (Fsp3) is 0.500. The molecule has 1 amide bonds. The Bertz CT molecular complexity index is 393. The van der Waals surface area contributed by atoms with Gasteiger partial charge in [0.05, 0.1) is 0 Å². The first-order valence-corrected chi connectivity index (χ1v) is 6.12. The van der Waals surface area contributed by atoms with Gasteiger partial charge in [-0.05, 0) is 30.5 Å². The van der Waals surface area contributed by atoms with E-state index in [0.29, 0.717) is 19.1 Å². The maximum atomic E-state index is 12.9. The van der Waals surface area contributed by atoms with Gasteiger partial charge in [-0.1, -0.05) is 26.0 Å². The number of nitrogens with one attached hydrogen (secondary N) is 1. The van der Waals surface area contributed by atoms with Crippen LogP contribution in [0.2, 0.25) is 0 Å². The highest BCUT2D eigenvalue weighted by Gasteiger charge is 2.13. The second kappa shape index (κ2) is 7.11. The number of carbonyl (C=O) groups excluding carboxylic acids is 1. The van der Waals surface area contributed by atoms with Crippen molar-refractivity contribution in [1.29, 1.82) is 0 Å². The number of rotatable bonds is 6. The maximum Gasteiger partial charge on any atom is 0.249 e. The van der Waals surface area contributed by atoms with Gasteiger partial charge >= 0.3 is 0 Å². The minimum atomic E-state index is -0.485. The second-order valence-corrected chi connectivity index (χ2v) is 4.72. The van der Waals surface area contributed by atoms with Gasteiger partial charge in [0.2, 0.25) is 5.91 Å². The molecule has 4 heteroatoms. The highest BCUT2D eigenvalue weighted by atomic mass is 19.1. The van der Waals surface area contributed by atoms with Crippen LogP contribution in [0.15, 0.2) is 24.3 Å². The quantitative estimate of drug-likeness (QED) is 0.846. The number of ether oxygens (including phenoxy) is 1. The van der Waals surface area contributed by atoms with E-state index in [9.17, 15) is 9.18 Å². The van der Waals surface area contributed by atoms with Gasteiger partial charge in [0.25, 0.3) is 0 Å². The Morgan fingerprint density at radius 2 is 2.11 bits per heavy atom. The average molecular weight is 253 g/mol. The van der Waals surface area contributed by atoms with Crippen LogP contribution in [0.5, 0.6) is 0 Å². The van der Waals surface area contributed by atoms with Crippen LogP contribution in [-0.4, -0.2) is 18.6 Å². The summed E-state index contributed by atoms with van der Waals surface area (Å²) in [7, 11) is 0. The lowest BCUT2D eigenvalue weighted by Crippen LogP contribution is -2.34. The normalized spacial score (nSPS) is 12.5. The van der Waals surface area contributed by atoms with E-state index in [1.54, 1.807) is 19.1 Å². The predicted octanol–water partition coefficient (Wildman–Crippen LogP) is 2.50. The van der Waals surface area contributed by atoms with E-state index < -0.39 is 6.10 Å². The Hall–Kier alpha value is -1.42. The van der Waals surface area contributed by atoms with Crippen molar-refractivity contribution < 1.29 is 13.9 Å². The van der Waals surface area contributed by atoms with Crippen molar-refractivity contribution in [3.63, 3.8) is 0 Å². The molecule has 0 fully saturated rings. The molecule has 0 spiro atoms. The van der Waals surface area contributed by atoms with Gasteiger partial charge in [0.15, 0.2) is 0 Å². The Morgan fingerprint density at radius 1 is 1.39 bits per heavy atom. The molecule has 1 rings (SSSR count). The number of hydrogen-bond donors (Lipinski definition) is 1. The highest BCUT2D eigenvalue weighted by molar-refractivity contribution is 5.80. The molecule has 3 nitrogen and oxygen atoms in total. The lowest BCUT2D eigenvalue weighted by molar-refractivity contribution is -0.132. The molecule has 0 saturated heterocycles. The molecule has 0 radical (unpaired) electrons. The monoisotopic (exact) mass is 253 g/mol. The van der Waals surface area contributed by atoms with Gasteiger partial charge in [-0.15, -0.1) is 0 Å². The fourth-order valence-corrected chi connectivity index (χ4v) is 1.39. The number of amides is 1. The molecule has 0 aliphatic rings. The summed E-state index contributed by atoms with van der Waals surface area (Å²) >= 11 is 0. The lowest BCUT2D eigenvalue weighted by atomic mass is 10.2. The predicted molar refractivity (Wildman–Crippen MR) is 68.5 cm³/mol. The summed E-state index contributed by atoms with van der Waals surface area (Å²) in [5, 5.41) is 2.72. The van der Waals surface area contributed by atoms with Crippen LogP contribution >= 0.6 is 0 Å². The summed E-state index contributed by atoms with van der Waals surface area (Å²) in [4.78, 5) is 11.7. The standard InChI is InChI=1S/C14H20FNO2/c1-10(2)9-18-11(3)14(17)16-8-12-5-4-6-13(15)7-12/h4-7,10-11H,8-9H2,1-3H3,(H,16,17). The third-order valence-electron chi connectivity index (χ3n) is 2.40. The molecule has 1 unspecified atom stereocenters. The fourth-order valence-electron chi connectivity index (χ4n) is 1.39. The molecule has 0 aliphatic heterocycles. The van der Waals surface area contributed by atoms with Crippen LogP contribution in [-0.2, 0) is 16.1 Å². The van der Waals surface area contributed by atoms with Gasteiger partial charge in [0, 0.05) is 13.2 Å². The molecule has 0 aliphatic carbocycles. The second-order valence-electron chi connectivity index (χ2n) is 4.72. The molecule has 1 aromatic carbocycles. The molecule has 0 bridgehead atoms. The van der Waals surface area contributed by atoms with Crippen molar-refractivity contribution in [1.82, 2.24) is 5.32 Å². The lowest BCUT2D eigenvalue weighted by Gasteiger charge is -2.14. The third kappa shape index (κ3) is 5.27. The zero-order valence-corrected chi connectivity index (χ0v) is 11.1. The zero-order valence-electron chi connectivity index (χ0n) is 11.1. The van der Waals surface area contributed by atoms with Crippen molar-refractivity contribution in [2.75, 3.05) is 6.61 Å². The van der Waals surface area contributed by atoms with Gasteiger partial charge in [0.1, 0.15) is 11.9 Å². The van der Waals surface area contributed by atoms with Crippen LogP contribution in [0, 0.1) is 11.7 Å². The number of hydrogen-bond acceptors (Lipinski definition) is 2. The van der Waals surface area contributed by atoms with E-state index in [1.165, 1.54) is 12.1 Å². The Kier molecular flexibility index (Phi) is 5.78. The molecular weight excluding hydrogens is 233 g/mol. The highest BCUT2D eigenvalue weighted by Crippen LogP contribution is 2.03. The minimum absolute atomic E-state index is 0.181. The molecule has 100 valence electrons. The first-order valence-electron chi connectivity index (χ1n) is 6.12. The molecule has 0 saturated carbocycles. The van der Waals surface area contributed by atoms with E-state index in [2.05, 4.69) is 5.32 Å². The summed E-state index contributed by atoms with van der Waals surface area (Å²) in [5.41, 5.74) is 0.736. The largest absolute Gasteiger partial charge is 0.368 e. The summed E-state index contributed by atoms with van der Waals surface area (Å²) in [6, 6.07) is 6.16. The Balaban J connectivity index is 2.36. The zero-order chi connectivity index (χ0) is 13.5. The van der Waals surface area contributed by atoms with Gasteiger partial charge in [-0.2, -0.15) is 0 Å². The summed E-state index contributed by atoms with van der Waals surface area (Å²) in [6.07, 6.45) is -0.485. The molecule has 0 aromatic heterocycles. The van der Waals surface area contributed by atoms with Crippen molar-refractivity contribution in [3.8, 4) is 0 Å². The summed E-state index contributed by atoms with van der Waals surface area (Å²) in [6.45, 7) is 6.62. The summed E-state index contributed by atoms with van der Waals surface area (Å²) < 4.78 is 18.3. The van der Waals surface area contributed by atoms with Crippen LogP contribution in [0.3, 0.4) is 0 Å². The van der Waals surface area contributed by atoms with Crippen LogP contribution < -0.4 is 5.32 Å².